The van der Waals surface area contributed by atoms with Gasteiger partial charge in [0.15, 0.2) is 6.10 Å². The molecule has 1 unspecified atom stereocenters. The number of esters is 2. The number of hydrogen-bond donors (Lipinski definition) is 0. The molecule has 2 rings (SSSR count). The summed E-state index contributed by atoms with van der Waals surface area (Å²) in [5.41, 5.74) is 0.483. The van der Waals surface area contributed by atoms with Crippen molar-refractivity contribution >= 4 is 31.6 Å². The number of carbonyl (C=O) groups excluding carboxylic acids is 4. The fourth-order valence-corrected chi connectivity index (χ4v) is 7.42. The molecule has 11 nitrogen and oxygen atoms in total. The van der Waals surface area contributed by atoms with E-state index in [-0.39, 0.29) is 56.0 Å². The van der Waals surface area contributed by atoms with Gasteiger partial charge in [-0.1, -0.05) is 159 Å². The molecule has 1 aliphatic heterocycles. The molecule has 0 saturated carbocycles. The Labute approximate surface area is 373 Å². The molecule has 0 N–H and O–H groups in total. The van der Waals surface area contributed by atoms with Gasteiger partial charge >= 0.3 is 30.8 Å². The molecule has 1 aromatic carbocycles. The second-order valence-corrected chi connectivity index (χ2v) is 16.7. The molecule has 332 valence electrons. The minimum Gasteiger partial charge on any atom is -0.756 e. The zero-order valence-electron chi connectivity index (χ0n) is 37.1. The summed E-state index contributed by atoms with van der Waals surface area (Å²) in [5, 5.41) is 0. The van der Waals surface area contributed by atoms with E-state index >= 15 is 0 Å². The van der Waals surface area contributed by atoms with Crippen LogP contribution in [0.1, 0.15) is 189 Å². The van der Waals surface area contributed by atoms with Crippen LogP contribution in [0, 0.1) is 0 Å². The molecule has 1 aliphatic rings. The van der Waals surface area contributed by atoms with Crippen molar-refractivity contribution in [3.63, 3.8) is 0 Å². The first-order chi connectivity index (χ1) is 28.7. The molecule has 0 aromatic heterocycles. The third-order valence-electron chi connectivity index (χ3n) is 10.1. The number of allylic oxidation sites excluding steroid dienone is 6. The molecule has 2 amide bonds. The van der Waals surface area contributed by atoms with Crippen LogP contribution in [-0.2, 0) is 32.7 Å². The number of phosphoric acid groups is 1. The van der Waals surface area contributed by atoms with Crippen molar-refractivity contribution in [3.8, 4) is 0 Å². The Morgan fingerprint density at radius 2 is 1.13 bits per heavy atom. The molecule has 1 heterocycles. The summed E-state index contributed by atoms with van der Waals surface area (Å²) in [7, 11) is -4.94. The van der Waals surface area contributed by atoms with E-state index in [0.717, 1.165) is 75.5 Å². The second-order valence-electron chi connectivity index (χ2n) is 15.3. The van der Waals surface area contributed by atoms with E-state index in [1.807, 2.05) is 0 Å². The quantitative estimate of drug-likeness (QED) is 0.0160. The van der Waals surface area contributed by atoms with Crippen LogP contribution >= 0.6 is 7.82 Å². The maximum atomic E-state index is 12.8. The molecule has 0 spiro atoms. The van der Waals surface area contributed by atoms with E-state index in [9.17, 15) is 28.6 Å². The molecule has 0 bridgehead atoms. The van der Waals surface area contributed by atoms with Gasteiger partial charge in [0.05, 0.1) is 30.9 Å². The smallest absolute Gasteiger partial charge is 0.756 e. The number of hydrogen-bond acceptors (Lipinski definition) is 10. The van der Waals surface area contributed by atoms with E-state index in [1.165, 1.54) is 69.9 Å². The minimum atomic E-state index is -4.94. The first-order valence-corrected chi connectivity index (χ1v) is 24.0. The number of carbonyl (C=O) groups is 4. The maximum absolute atomic E-state index is 12.8. The van der Waals surface area contributed by atoms with E-state index in [2.05, 4.69) is 50.3 Å². The Hall–Kier alpha value is -2.77. The molecule has 0 aliphatic carbocycles. The van der Waals surface area contributed by atoms with Gasteiger partial charge in [0.1, 0.15) is 6.61 Å². The number of rotatable bonds is 37. The van der Waals surface area contributed by atoms with Crippen molar-refractivity contribution in [1.29, 1.82) is 0 Å². The van der Waals surface area contributed by atoms with Crippen LogP contribution in [0.5, 0.6) is 0 Å². The molecule has 1 aromatic rings. The summed E-state index contributed by atoms with van der Waals surface area (Å²) in [6.45, 7) is 2.56. The van der Waals surface area contributed by atoms with Gasteiger partial charge in [0.25, 0.3) is 19.6 Å². The van der Waals surface area contributed by atoms with Crippen molar-refractivity contribution < 1.29 is 66.0 Å². The number of benzene rings is 1. The molecule has 13 heteroatoms. The van der Waals surface area contributed by atoms with Gasteiger partial charge < -0.3 is 23.4 Å². The number of phosphoric ester groups is 1. The molecule has 2 atom stereocenters. The van der Waals surface area contributed by atoms with Crippen LogP contribution < -0.4 is 23.8 Å². The van der Waals surface area contributed by atoms with Crippen LogP contribution in [0.3, 0.4) is 0 Å². The van der Waals surface area contributed by atoms with Gasteiger partial charge in [-0.15, -0.1) is 0 Å². The zero-order chi connectivity index (χ0) is 42.8. The van der Waals surface area contributed by atoms with Crippen molar-refractivity contribution in [2.75, 3.05) is 26.4 Å². The SMILES string of the molecule is CC/C=C\C/C=C\C/C=C\CCCCCCCC(=O)OC[C@H](COP(=O)([O-])OCCN1C(=O)c2ccccc2C1=O)OC(=O)CCCCCCCCCCCCCCC.[Li+]. The Bertz CT molecular complexity index is 1450. The number of imide groups is 1. The normalized spacial score (nSPS) is 14.2. The number of ether oxygens (including phenoxy) is 2. The number of nitrogens with zero attached hydrogens (tertiary/aromatic N) is 1. The van der Waals surface area contributed by atoms with Crippen molar-refractivity contribution in [1.82, 2.24) is 4.90 Å². The fraction of sp³-hybridized carbons (Fsp3) is 0.660. The molecular formula is C47H73LiNO10P. The average molecular weight is 850 g/mol. The first kappa shape index (κ1) is 55.2. The molecule has 60 heavy (non-hydrogen) atoms. The van der Waals surface area contributed by atoms with Gasteiger partial charge in [-0.3, -0.25) is 28.6 Å². The van der Waals surface area contributed by atoms with Crippen molar-refractivity contribution in [3.05, 3.63) is 71.8 Å². The molecule has 0 fully saturated rings. The standard InChI is InChI=1S/C47H74NO10P.Li/c1-3-5-7-9-11-13-15-17-18-20-21-23-25-27-29-35-44(49)55-39-41(58-45(50)36-30-28-26-24-22-19-16-14-12-10-8-6-4-2)40-57-59(53,54)56-38-37-48-46(51)42-33-31-32-34-43(42)47(48)52;/h5,7,11,13,17-18,31-34,41H,3-4,6,8-10,12,14-16,19-30,35-40H2,1-2H3,(H,53,54);/q;+1/p-1/b7-5-,13-11-,18-17-;/t41-;/m1./s1. The summed E-state index contributed by atoms with van der Waals surface area (Å²) in [4.78, 5) is 64.0. The number of unbranched alkanes of at least 4 members (excludes halogenated alkanes) is 17. The van der Waals surface area contributed by atoms with Gasteiger partial charge in [-0.05, 0) is 57.1 Å². The largest absolute Gasteiger partial charge is 1.00 e. The average Bonchev–Trinajstić information content (AvgIpc) is 3.46. The summed E-state index contributed by atoms with van der Waals surface area (Å²) in [6.07, 6.45) is 36.2. The fourth-order valence-electron chi connectivity index (χ4n) is 6.69. The predicted octanol–water partition coefficient (Wildman–Crippen LogP) is 8.31. The molecular weight excluding hydrogens is 776 g/mol. The number of fused-ring (bicyclic) bond motifs is 1. The van der Waals surface area contributed by atoms with E-state index in [0.29, 0.717) is 12.8 Å². The van der Waals surface area contributed by atoms with Gasteiger partial charge in [-0.25, -0.2) is 0 Å². The monoisotopic (exact) mass is 850 g/mol. The topological polar surface area (TPSA) is 149 Å². The number of amides is 2. The van der Waals surface area contributed by atoms with Gasteiger partial charge in [-0.2, -0.15) is 0 Å². The Balaban J connectivity index is 0.0000180. The Kier molecular flexibility index (Phi) is 32.9. The maximum Gasteiger partial charge on any atom is 1.00 e. The van der Waals surface area contributed by atoms with Crippen LogP contribution in [-0.4, -0.2) is 61.1 Å². The van der Waals surface area contributed by atoms with Gasteiger partial charge in [0, 0.05) is 12.8 Å². The van der Waals surface area contributed by atoms with Crippen LogP contribution in [0.2, 0.25) is 0 Å². The minimum absolute atomic E-state index is 0. The summed E-state index contributed by atoms with van der Waals surface area (Å²) >= 11 is 0. The molecule has 0 radical (unpaired) electrons. The van der Waals surface area contributed by atoms with Crippen molar-refractivity contribution in [2.45, 2.75) is 174 Å². The second kappa shape index (κ2) is 35.8. The third-order valence-corrected chi connectivity index (χ3v) is 11.1. The summed E-state index contributed by atoms with van der Waals surface area (Å²) < 4.78 is 33.5. The van der Waals surface area contributed by atoms with Crippen LogP contribution in [0.25, 0.3) is 0 Å². The van der Waals surface area contributed by atoms with E-state index in [4.69, 9.17) is 18.5 Å². The van der Waals surface area contributed by atoms with Gasteiger partial charge in [0.2, 0.25) is 0 Å². The van der Waals surface area contributed by atoms with E-state index < -0.39 is 50.9 Å². The Morgan fingerprint density at radius 3 is 1.68 bits per heavy atom. The van der Waals surface area contributed by atoms with E-state index in [1.54, 1.807) is 12.1 Å². The Morgan fingerprint density at radius 1 is 0.650 bits per heavy atom. The summed E-state index contributed by atoms with van der Waals surface area (Å²) in [5.74, 6) is -2.07. The van der Waals surface area contributed by atoms with Crippen LogP contribution in [0.15, 0.2) is 60.7 Å². The van der Waals surface area contributed by atoms with Crippen molar-refractivity contribution in [2.24, 2.45) is 0 Å². The van der Waals surface area contributed by atoms with Crippen LogP contribution in [0.4, 0.5) is 0 Å². The zero-order valence-corrected chi connectivity index (χ0v) is 38.0. The third kappa shape index (κ3) is 26.5. The summed E-state index contributed by atoms with van der Waals surface area (Å²) in [6, 6.07) is 6.34. The molecule has 0 saturated heterocycles. The first-order valence-electron chi connectivity index (χ1n) is 22.5. The predicted molar refractivity (Wildman–Crippen MR) is 232 cm³/mol.